The van der Waals surface area contributed by atoms with Gasteiger partial charge in [-0.1, -0.05) is 51.2 Å². The molecule has 30 heavy (non-hydrogen) atoms. The standard InChI is InChI=1S/C28H46O2/c1-20(2)11-8-12-21(3)13-9-14-22(4)15-10-17-28(7)18-16-25-24(6)26(29)19-23(5)27(25)30-28/h11,19,21-22,29H,8-10,12-18H2,1-7H3/t21-,22-,28-/m1/s1. The highest BCUT2D eigenvalue weighted by Crippen LogP contribution is 2.42. The van der Waals surface area contributed by atoms with Gasteiger partial charge in [0.15, 0.2) is 0 Å². The van der Waals surface area contributed by atoms with E-state index in [9.17, 15) is 5.11 Å². The monoisotopic (exact) mass is 414 g/mol. The van der Waals surface area contributed by atoms with E-state index < -0.39 is 0 Å². The Morgan fingerprint density at radius 3 is 2.40 bits per heavy atom. The summed E-state index contributed by atoms with van der Waals surface area (Å²) in [6.07, 6.45) is 14.7. The van der Waals surface area contributed by atoms with E-state index in [0.29, 0.717) is 5.75 Å². The second kappa shape index (κ2) is 11.3. The Morgan fingerprint density at radius 1 is 1.10 bits per heavy atom. The molecule has 1 heterocycles. The highest BCUT2D eigenvalue weighted by Gasteiger charge is 2.33. The van der Waals surface area contributed by atoms with Crippen LogP contribution < -0.4 is 4.74 Å². The van der Waals surface area contributed by atoms with Gasteiger partial charge in [0.1, 0.15) is 17.1 Å². The van der Waals surface area contributed by atoms with Gasteiger partial charge >= 0.3 is 0 Å². The summed E-state index contributed by atoms with van der Waals surface area (Å²) < 4.78 is 6.52. The van der Waals surface area contributed by atoms with Gasteiger partial charge in [-0.25, -0.2) is 0 Å². The summed E-state index contributed by atoms with van der Waals surface area (Å²) in [5.74, 6) is 3.07. The van der Waals surface area contributed by atoms with Crippen molar-refractivity contribution in [1.29, 1.82) is 0 Å². The van der Waals surface area contributed by atoms with E-state index in [4.69, 9.17) is 4.74 Å². The minimum absolute atomic E-state index is 0.0691. The maximum absolute atomic E-state index is 10.1. The molecule has 170 valence electrons. The van der Waals surface area contributed by atoms with Crippen molar-refractivity contribution < 1.29 is 9.84 Å². The van der Waals surface area contributed by atoms with E-state index in [0.717, 1.165) is 48.0 Å². The van der Waals surface area contributed by atoms with Crippen molar-refractivity contribution in [2.45, 2.75) is 118 Å². The van der Waals surface area contributed by atoms with Crippen LogP contribution in [0.15, 0.2) is 17.7 Å². The SMILES string of the molecule is CC(C)=CCC[C@@H](C)CCC[C@@H](C)CCC[C@]1(C)CCc2c(C)c(O)cc(C)c2O1. The van der Waals surface area contributed by atoms with Gasteiger partial charge in [0.2, 0.25) is 0 Å². The lowest BCUT2D eigenvalue weighted by Gasteiger charge is -2.37. The molecule has 0 aromatic heterocycles. The van der Waals surface area contributed by atoms with Crippen LogP contribution >= 0.6 is 0 Å². The minimum Gasteiger partial charge on any atom is -0.508 e. The smallest absolute Gasteiger partial charge is 0.126 e. The van der Waals surface area contributed by atoms with Crippen LogP contribution in [0.1, 0.15) is 109 Å². The van der Waals surface area contributed by atoms with Crippen LogP contribution in [0, 0.1) is 25.7 Å². The zero-order valence-electron chi connectivity index (χ0n) is 20.7. The predicted octanol–water partition coefficient (Wildman–Crippen LogP) is 8.45. The van der Waals surface area contributed by atoms with Crippen LogP contribution in [-0.4, -0.2) is 10.7 Å². The molecular formula is C28H46O2. The molecule has 0 aliphatic carbocycles. The number of aryl methyl sites for hydroxylation is 1. The van der Waals surface area contributed by atoms with E-state index in [2.05, 4.69) is 40.7 Å². The molecule has 1 N–H and O–H groups in total. The van der Waals surface area contributed by atoms with E-state index in [-0.39, 0.29) is 5.60 Å². The Labute approximate surface area is 186 Å². The van der Waals surface area contributed by atoms with Crippen LogP contribution in [0.3, 0.4) is 0 Å². The zero-order valence-corrected chi connectivity index (χ0v) is 20.7. The fourth-order valence-electron chi connectivity index (χ4n) is 4.83. The van der Waals surface area contributed by atoms with E-state index in [1.165, 1.54) is 56.1 Å². The molecule has 0 fully saturated rings. The number of phenols is 1. The zero-order chi connectivity index (χ0) is 22.3. The van der Waals surface area contributed by atoms with Gasteiger partial charge in [-0.15, -0.1) is 0 Å². The Kier molecular flexibility index (Phi) is 9.31. The van der Waals surface area contributed by atoms with Gasteiger partial charge in [0, 0.05) is 5.56 Å². The summed E-state index contributed by atoms with van der Waals surface area (Å²) in [6.45, 7) is 15.5. The fourth-order valence-corrected chi connectivity index (χ4v) is 4.83. The first-order valence-corrected chi connectivity index (χ1v) is 12.3. The highest BCUT2D eigenvalue weighted by atomic mass is 16.5. The molecular weight excluding hydrogens is 368 g/mol. The van der Waals surface area contributed by atoms with Crippen molar-refractivity contribution in [1.82, 2.24) is 0 Å². The van der Waals surface area contributed by atoms with Gasteiger partial charge in [-0.3, -0.25) is 0 Å². The number of ether oxygens (including phenoxy) is 1. The molecule has 0 amide bonds. The lowest BCUT2D eigenvalue weighted by molar-refractivity contribution is 0.0512. The third kappa shape index (κ3) is 7.36. The van der Waals surface area contributed by atoms with Gasteiger partial charge in [-0.05, 0) is 102 Å². The molecule has 0 saturated carbocycles. The Hall–Kier alpha value is -1.44. The number of aromatic hydroxyl groups is 1. The molecule has 2 heteroatoms. The maximum Gasteiger partial charge on any atom is 0.126 e. The lowest BCUT2D eigenvalue weighted by Crippen LogP contribution is -2.37. The number of phenolic OH excluding ortho intramolecular Hbond substituents is 1. The van der Waals surface area contributed by atoms with Crippen LogP contribution in [0.25, 0.3) is 0 Å². The molecule has 1 aliphatic rings. The molecule has 0 radical (unpaired) electrons. The molecule has 1 aliphatic heterocycles. The van der Waals surface area contributed by atoms with Crippen molar-refractivity contribution in [2.24, 2.45) is 11.8 Å². The van der Waals surface area contributed by atoms with Gasteiger partial charge in [0.05, 0.1) is 0 Å². The topological polar surface area (TPSA) is 29.5 Å². The first kappa shape index (κ1) is 24.8. The highest BCUT2D eigenvalue weighted by molar-refractivity contribution is 5.53. The third-order valence-electron chi connectivity index (χ3n) is 7.08. The second-order valence-electron chi connectivity index (χ2n) is 10.6. The van der Waals surface area contributed by atoms with Gasteiger partial charge in [0.25, 0.3) is 0 Å². The predicted molar refractivity (Wildman–Crippen MR) is 130 cm³/mol. The van der Waals surface area contributed by atoms with Crippen molar-refractivity contribution in [3.05, 3.63) is 34.4 Å². The lowest BCUT2D eigenvalue weighted by atomic mass is 9.84. The van der Waals surface area contributed by atoms with E-state index in [1.54, 1.807) is 0 Å². The summed E-state index contributed by atoms with van der Waals surface area (Å²) in [7, 11) is 0. The summed E-state index contributed by atoms with van der Waals surface area (Å²) >= 11 is 0. The first-order chi connectivity index (χ1) is 14.1. The summed E-state index contributed by atoms with van der Waals surface area (Å²) in [5.41, 5.74) is 4.63. The largest absolute Gasteiger partial charge is 0.508 e. The summed E-state index contributed by atoms with van der Waals surface area (Å²) in [4.78, 5) is 0. The average molecular weight is 415 g/mol. The average Bonchev–Trinajstić information content (AvgIpc) is 2.66. The molecule has 1 aromatic rings. The molecule has 0 saturated heterocycles. The van der Waals surface area contributed by atoms with Crippen molar-refractivity contribution in [3.8, 4) is 11.5 Å². The van der Waals surface area contributed by atoms with Crippen molar-refractivity contribution in [3.63, 3.8) is 0 Å². The van der Waals surface area contributed by atoms with Crippen molar-refractivity contribution in [2.75, 3.05) is 0 Å². The van der Waals surface area contributed by atoms with Crippen LogP contribution in [0.2, 0.25) is 0 Å². The van der Waals surface area contributed by atoms with Crippen LogP contribution in [-0.2, 0) is 6.42 Å². The van der Waals surface area contributed by atoms with Crippen LogP contribution in [0.5, 0.6) is 11.5 Å². The minimum atomic E-state index is -0.0691. The number of hydrogen-bond acceptors (Lipinski definition) is 2. The van der Waals surface area contributed by atoms with E-state index in [1.807, 2.05) is 19.9 Å². The van der Waals surface area contributed by atoms with E-state index >= 15 is 0 Å². The molecule has 3 atom stereocenters. The summed E-state index contributed by atoms with van der Waals surface area (Å²) in [5, 5.41) is 10.1. The number of rotatable bonds is 11. The normalized spacial score (nSPS) is 20.2. The fraction of sp³-hybridized carbons (Fsp3) is 0.714. The number of fused-ring (bicyclic) bond motifs is 1. The van der Waals surface area contributed by atoms with Crippen LogP contribution in [0.4, 0.5) is 0 Å². The molecule has 0 bridgehead atoms. The number of hydrogen-bond donors (Lipinski definition) is 1. The molecule has 1 aromatic carbocycles. The first-order valence-electron chi connectivity index (χ1n) is 12.3. The number of benzene rings is 1. The second-order valence-corrected chi connectivity index (χ2v) is 10.6. The third-order valence-corrected chi connectivity index (χ3v) is 7.08. The quantitative estimate of drug-likeness (QED) is 0.368. The Bertz CT molecular complexity index is 714. The Morgan fingerprint density at radius 2 is 1.73 bits per heavy atom. The molecule has 2 nitrogen and oxygen atoms in total. The molecule has 2 rings (SSSR count). The molecule has 0 unspecified atom stereocenters. The van der Waals surface area contributed by atoms with Crippen molar-refractivity contribution >= 4 is 0 Å². The Balaban J connectivity index is 1.71. The maximum atomic E-state index is 10.1. The molecule has 0 spiro atoms. The van der Waals surface area contributed by atoms with Gasteiger partial charge < -0.3 is 9.84 Å². The number of allylic oxidation sites excluding steroid dienone is 2. The summed E-state index contributed by atoms with van der Waals surface area (Å²) in [6, 6.07) is 1.85. The van der Waals surface area contributed by atoms with Gasteiger partial charge in [-0.2, -0.15) is 0 Å².